The third-order valence-electron chi connectivity index (χ3n) is 2.97. The number of carbonyl (C=O) groups is 2. The molecule has 1 aromatic carbocycles. The molecule has 0 saturated carbocycles. The summed E-state index contributed by atoms with van der Waals surface area (Å²) in [6.45, 7) is 2.46. The number of nitrogen functional groups attached to an aromatic ring is 1. The third kappa shape index (κ3) is 6.60. The van der Waals surface area contributed by atoms with Gasteiger partial charge in [0.05, 0.1) is 0 Å². The van der Waals surface area contributed by atoms with E-state index < -0.39 is 0 Å². The summed E-state index contributed by atoms with van der Waals surface area (Å²) in [6, 6.07) is 7.63. The predicted molar refractivity (Wildman–Crippen MR) is 76.7 cm³/mol. The van der Waals surface area contributed by atoms with Crippen molar-refractivity contribution in [2.24, 2.45) is 0 Å². The van der Waals surface area contributed by atoms with Gasteiger partial charge in [-0.2, -0.15) is 0 Å². The molecule has 0 aliphatic heterocycles. The number of anilines is 1. The number of ketones is 1. The lowest BCUT2D eigenvalue weighted by molar-refractivity contribution is -0.121. The molecule has 0 aliphatic rings. The molecule has 0 radical (unpaired) electrons. The van der Waals surface area contributed by atoms with Crippen molar-refractivity contribution in [2.75, 3.05) is 12.3 Å². The number of amides is 1. The van der Waals surface area contributed by atoms with Crippen LogP contribution < -0.4 is 11.1 Å². The molecule has 0 bridgehead atoms. The number of benzene rings is 1. The van der Waals surface area contributed by atoms with Crippen LogP contribution in [0.4, 0.5) is 5.69 Å². The lowest BCUT2D eigenvalue weighted by Crippen LogP contribution is -2.25. The standard InChI is InChI=1S/C15H22N2O2/c1-2-14(18)4-3-5-15(19)17-11-10-12-6-8-13(16)9-7-12/h6-9H,2-5,10-11,16H2,1H3,(H,17,19). The third-order valence-corrected chi connectivity index (χ3v) is 2.97. The fraction of sp³-hybridized carbons (Fsp3) is 0.467. The quantitative estimate of drug-likeness (QED) is 0.704. The number of rotatable bonds is 8. The topological polar surface area (TPSA) is 72.2 Å². The molecular weight excluding hydrogens is 240 g/mol. The molecule has 0 aliphatic carbocycles. The molecule has 0 unspecified atom stereocenters. The van der Waals surface area contributed by atoms with Crippen molar-refractivity contribution >= 4 is 17.4 Å². The Kier molecular flexibility index (Phi) is 6.64. The molecule has 1 rings (SSSR count). The number of hydrogen-bond acceptors (Lipinski definition) is 3. The van der Waals surface area contributed by atoms with Gasteiger partial charge in [-0.15, -0.1) is 0 Å². The van der Waals surface area contributed by atoms with E-state index in [2.05, 4.69) is 5.32 Å². The minimum Gasteiger partial charge on any atom is -0.399 e. The molecule has 0 fully saturated rings. The molecule has 4 nitrogen and oxygen atoms in total. The molecule has 4 heteroatoms. The van der Waals surface area contributed by atoms with Crippen molar-refractivity contribution in [3.8, 4) is 0 Å². The van der Waals surface area contributed by atoms with Gasteiger partial charge in [0.2, 0.25) is 5.91 Å². The maximum atomic E-state index is 11.5. The fourth-order valence-corrected chi connectivity index (χ4v) is 1.74. The molecule has 1 amide bonds. The zero-order chi connectivity index (χ0) is 14.1. The highest BCUT2D eigenvalue weighted by atomic mass is 16.1. The Balaban J connectivity index is 2.13. The summed E-state index contributed by atoms with van der Waals surface area (Å²) in [7, 11) is 0. The highest BCUT2D eigenvalue weighted by molar-refractivity contribution is 5.80. The van der Waals surface area contributed by atoms with E-state index in [1.807, 2.05) is 31.2 Å². The molecule has 104 valence electrons. The average molecular weight is 262 g/mol. The van der Waals surface area contributed by atoms with E-state index in [0.717, 1.165) is 17.7 Å². The van der Waals surface area contributed by atoms with E-state index in [-0.39, 0.29) is 11.7 Å². The zero-order valence-electron chi connectivity index (χ0n) is 11.4. The number of nitrogens with one attached hydrogen (secondary N) is 1. The van der Waals surface area contributed by atoms with Gasteiger partial charge in [-0.3, -0.25) is 9.59 Å². The second-order valence-corrected chi connectivity index (χ2v) is 4.59. The molecule has 0 atom stereocenters. The van der Waals surface area contributed by atoms with Crippen molar-refractivity contribution < 1.29 is 9.59 Å². The first-order chi connectivity index (χ1) is 9.11. The first-order valence-electron chi connectivity index (χ1n) is 6.74. The predicted octanol–water partition coefficient (Wildman–Crippen LogP) is 2.08. The normalized spacial score (nSPS) is 10.2. The van der Waals surface area contributed by atoms with Gasteiger partial charge >= 0.3 is 0 Å². The summed E-state index contributed by atoms with van der Waals surface area (Å²) >= 11 is 0. The van der Waals surface area contributed by atoms with Crippen LogP contribution in [0.15, 0.2) is 24.3 Å². The zero-order valence-corrected chi connectivity index (χ0v) is 11.4. The monoisotopic (exact) mass is 262 g/mol. The molecule has 0 heterocycles. The largest absolute Gasteiger partial charge is 0.399 e. The van der Waals surface area contributed by atoms with Crippen LogP contribution >= 0.6 is 0 Å². The van der Waals surface area contributed by atoms with Crippen molar-refractivity contribution in [1.29, 1.82) is 0 Å². The number of hydrogen-bond donors (Lipinski definition) is 2. The molecule has 0 spiro atoms. The van der Waals surface area contributed by atoms with Gasteiger partial charge in [-0.1, -0.05) is 19.1 Å². The van der Waals surface area contributed by atoms with E-state index in [4.69, 9.17) is 5.73 Å². The molecule has 19 heavy (non-hydrogen) atoms. The van der Waals surface area contributed by atoms with Gasteiger partial charge in [-0.05, 0) is 30.5 Å². The average Bonchev–Trinajstić information content (AvgIpc) is 2.41. The van der Waals surface area contributed by atoms with Crippen LogP contribution in [0, 0.1) is 0 Å². The maximum Gasteiger partial charge on any atom is 0.220 e. The molecule has 1 aromatic rings. The molecular formula is C15H22N2O2. The van der Waals surface area contributed by atoms with Crippen molar-refractivity contribution in [3.05, 3.63) is 29.8 Å². The van der Waals surface area contributed by atoms with E-state index in [0.29, 0.717) is 32.2 Å². The van der Waals surface area contributed by atoms with Crippen LogP contribution in [0.3, 0.4) is 0 Å². The summed E-state index contributed by atoms with van der Waals surface area (Å²) in [5.41, 5.74) is 7.49. The van der Waals surface area contributed by atoms with Crippen LogP contribution in [0.25, 0.3) is 0 Å². The minimum absolute atomic E-state index is 0.0133. The molecule has 3 N–H and O–H groups in total. The Morgan fingerprint density at radius 1 is 1.16 bits per heavy atom. The number of nitrogens with two attached hydrogens (primary N) is 1. The van der Waals surface area contributed by atoms with Crippen molar-refractivity contribution in [3.63, 3.8) is 0 Å². The van der Waals surface area contributed by atoms with Crippen molar-refractivity contribution in [2.45, 2.75) is 39.0 Å². The van der Waals surface area contributed by atoms with E-state index in [9.17, 15) is 9.59 Å². The van der Waals surface area contributed by atoms with E-state index in [1.165, 1.54) is 0 Å². The SMILES string of the molecule is CCC(=O)CCCC(=O)NCCc1ccc(N)cc1. The van der Waals surface area contributed by atoms with Crippen LogP contribution in [0.1, 0.15) is 38.2 Å². The molecule has 0 aromatic heterocycles. The van der Waals surface area contributed by atoms with E-state index in [1.54, 1.807) is 0 Å². The lowest BCUT2D eigenvalue weighted by atomic mass is 10.1. The number of Topliss-reactive ketones (excluding diaryl/α,β-unsaturated/α-hetero) is 1. The minimum atomic E-state index is 0.0133. The van der Waals surface area contributed by atoms with Gasteiger partial charge < -0.3 is 11.1 Å². The highest BCUT2D eigenvalue weighted by Crippen LogP contribution is 2.05. The first-order valence-corrected chi connectivity index (χ1v) is 6.74. The summed E-state index contributed by atoms with van der Waals surface area (Å²) in [5.74, 6) is 0.231. The van der Waals surface area contributed by atoms with Gasteiger partial charge in [0.25, 0.3) is 0 Å². The molecule has 0 saturated heterocycles. The summed E-state index contributed by atoms with van der Waals surface area (Å²) in [6.07, 6.45) is 2.91. The number of carbonyl (C=O) groups excluding carboxylic acids is 2. The second kappa shape index (κ2) is 8.29. The Morgan fingerprint density at radius 2 is 1.84 bits per heavy atom. The van der Waals surface area contributed by atoms with Crippen LogP contribution in [-0.2, 0) is 16.0 Å². The van der Waals surface area contributed by atoms with Crippen LogP contribution in [-0.4, -0.2) is 18.2 Å². The Bertz CT molecular complexity index is 413. The summed E-state index contributed by atoms with van der Waals surface area (Å²) in [5, 5.41) is 2.86. The smallest absolute Gasteiger partial charge is 0.220 e. The van der Waals surface area contributed by atoms with E-state index >= 15 is 0 Å². The van der Waals surface area contributed by atoms with Gasteiger partial charge in [0, 0.05) is 31.5 Å². The fourth-order valence-electron chi connectivity index (χ4n) is 1.74. The van der Waals surface area contributed by atoms with Gasteiger partial charge in [0.15, 0.2) is 0 Å². The van der Waals surface area contributed by atoms with Gasteiger partial charge in [0.1, 0.15) is 5.78 Å². The Labute approximate surface area is 114 Å². The van der Waals surface area contributed by atoms with Crippen LogP contribution in [0.2, 0.25) is 0 Å². The second-order valence-electron chi connectivity index (χ2n) is 4.59. The van der Waals surface area contributed by atoms with Gasteiger partial charge in [-0.25, -0.2) is 0 Å². The summed E-state index contributed by atoms with van der Waals surface area (Å²) < 4.78 is 0. The maximum absolute atomic E-state index is 11.5. The Morgan fingerprint density at radius 3 is 2.47 bits per heavy atom. The Hall–Kier alpha value is -1.84. The van der Waals surface area contributed by atoms with Crippen LogP contribution in [0.5, 0.6) is 0 Å². The van der Waals surface area contributed by atoms with Crippen molar-refractivity contribution in [1.82, 2.24) is 5.32 Å². The summed E-state index contributed by atoms with van der Waals surface area (Å²) in [4.78, 5) is 22.6. The first kappa shape index (κ1) is 15.2. The highest BCUT2D eigenvalue weighted by Gasteiger charge is 2.03. The lowest BCUT2D eigenvalue weighted by Gasteiger charge is -2.05.